The Bertz CT molecular complexity index is 745. The lowest BCUT2D eigenvalue weighted by Gasteiger charge is -2.32. The molecular formula is C16H18N4O4. The molecule has 1 saturated carbocycles. The fourth-order valence-corrected chi connectivity index (χ4v) is 3.14. The molecule has 1 amide bonds. The van der Waals surface area contributed by atoms with Crippen LogP contribution < -0.4 is 5.32 Å². The minimum Gasteiger partial charge on any atom is -0.502 e. The molecule has 2 aromatic rings. The van der Waals surface area contributed by atoms with Gasteiger partial charge >= 0.3 is 5.69 Å². The van der Waals surface area contributed by atoms with Crippen LogP contribution in [0.3, 0.4) is 0 Å². The van der Waals surface area contributed by atoms with Gasteiger partial charge in [0.15, 0.2) is 5.75 Å². The number of rotatable bonds is 4. The van der Waals surface area contributed by atoms with E-state index in [9.17, 15) is 20.0 Å². The Morgan fingerprint density at radius 2 is 2.17 bits per heavy atom. The first-order valence-corrected chi connectivity index (χ1v) is 7.83. The van der Waals surface area contributed by atoms with Crippen LogP contribution in [0.25, 0.3) is 0 Å². The van der Waals surface area contributed by atoms with Crippen molar-refractivity contribution in [2.75, 3.05) is 0 Å². The molecular weight excluding hydrogens is 312 g/mol. The molecule has 1 aromatic heterocycles. The normalized spacial score (nSPS) is 20.5. The van der Waals surface area contributed by atoms with E-state index in [4.69, 9.17) is 0 Å². The van der Waals surface area contributed by atoms with E-state index in [2.05, 4.69) is 10.4 Å². The van der Waals surface area contributed by atoms with Crippen LogP contribution in [0.5, 0.6) is 5.75 Å². The fourth-order valence-electron chi connectivity index (χ4n) is 3.14. The van der Waals surface area contributed by atoms with Crippen molar-refractivity contribution in [2.45, 2.75) is 37.8 Å². The molecule has 1 aliphatic rings. The van der Waals surface area contributed by atoms with Crippen LogP contribution in [0.2, 0.25) is 0 Å². The van der Waals surface area contributed by atoms with Gasteiger partial charge in [-0.15, -0.1) is 0 Å². The van der Waals surface area contributed by atoms with E-state index in [1.165, 1.54) is 6.07 Å². The van der Waals surface area contributed by atoms with E-state index in [-0.39, 0.29) is 23.6 Å². The minimum absolute atomic E-state index is 0.0662. The van der Waals surface area contributed by atoms with E-state index < -0.39 is 16.4 Å². The van der Waals surface area contributed by atoms with Crippen LogP contribution in [-0.4, -0.2) is 31.8 Å². The maximum atomic E-state index is 12.4. The highest BCUT2D eigenvalue weighted by molar-refractivity contribution is 5.95. The summed E-state index contributed by atoms with van der Waals surface area (Å²) in [6.45, 7) is 0. The Balaban J connectivity index is 1.75. The summed E-state index contributed by atoms with van der Waals surface area (Å²) in [6, 6.07) is 5.48. The lowest BCUT2D eigenvalue weighted by molar-refractivity contribution is -0.385. The van der Waals surface area contributed by atoms with Crippen LogP contribution in [0.1, 0.15) is 42.1 Å². The maximum absolute atomic E-state index is 12.4. The number of nitro benzene ring substituents is 1. The highest BCUT2D eigenvalue weighted by Crippen LogP contribution is 2.29. The number of nitrogens with one attached hydrogen (secondary N) is 1. The minimum atomic E-state index is -0.689. The molecule has 1 fully saturated rings. The van der Waals surface area contributed by atoms with E-state index in [1.54, 1.807) is 6.20 Å². The predicted molar refractivity (Wildman–Crippen MR) is 85.7 cm³/mol. The van der Waals surface area contributed by atoms with Crippen LogP contribution >= 0.6 is 0 Å². The number of aromatic nitrogens is 2. The Morgan fingerprint density at radius 3 is 2.83 bits per heavy atom. The predicted octanol–water partition coefficient (Wildman–Crippen LogP) is 2.41. The van der Waals surface area contributed by atoms with Crippen molar-refractivity contribution in [1.82, 2.24) is 15.1 Å². The molecule has 126 valence electrons. The molecule has 0 radical (unpaired) electrons. The van der Waals surface area contributed by atoms with Crippen molar-refractivity contribution in [3.8, 4) is 5.75 Å². The standard InChI is InChI=1S/C16H18N4O4/c21-15-10-11(6-7-14(15)20(23)24)16(22)18-12-4-1-2-5-13(12)19-9-3-8-17-19/h3,6-10,12-13,21H,1-2,4-5H2,(H,18,22)/t12-,13+/m0/s1. The first-order chi connectivity index (χ1) is 11.6. The van der Waals surface area contributed by atoms with Gasteiger partial charge in [-0.3, -0.25) is 19.6 Å². The van der Waals surface area contributed by atoms with Crippen LogP contribution in [-0.2, 0) is 0 Å². The van der Waals surface area contributed by atoms with Crippen molar-refractivity contribution in [3.63, 3.8) is 0 Å². The topological polar surface area (TPSA) is 110 Å². The number of carbonyl (C=O) groups is 1. The van der Waals surface area contributed by atoms with Crippen molar-refractivity contribution in [3.05, 3.63) is 52.3 Å². The number of nitro groups is 1. The van der Waals surface area contributed by atoms with Gasteiger partial charge in [0, 0.05) is 24.0 Å². The number of hydrogen-bond donors (Lipinski definition) is 2. The average Bonchev–Trinajstić information content (AvgIpc) is 3.09. The fraction of sp³-hybridized carbons (Fsp3) is 0.375. The molecule has 0 aliphatic heterocycles. The van der Waals surface area contributed by atoms with Gasteiger partial charge in [0.2, 0.25) is 0 Å². The third kappa shape index (κ3) is 3.22. The Kier molecular flexibility index (Phi) is 4.45. The van der Waals surface area contributed by atoms with Gasteiger partial charge in [-0.25, -0.2) is 0 Å². The molecule has 1 aliphatic carbocycles. The third-order valence-corrected chi connectivity index (χ3v) is 4.34. The summed E-state index contributed by atoms with van der Waals surface area (Å²) in [4.78, 5) is 22.5. The number of phenols is 1. The lowest BCUT2D eigenvalue weighted by Crippen LogP contribution is -2.43. The molecule has 2 atom stereocenters. The molecule has 8 nitrogen and oxygen atoms in total. The highest BCUT2D eigenvalue weighted by atomic mass is 16.6. The van der Waals surface area contributed by atoms with Gasteiger partial charge in [-0.2, -0.15) is 5.10 Å². The van der Waals surface area contributed by atoms with Crippen molar-refractivity contribution >= 4 is 11.6 Å². The highest BCUT2D eigenvalue weighted by Gasteiger charge is 2.28. The molecule has 8 heteroatoms. The molecule has 2 N–H and O–H groups in total. The number of hydrogen-bond acceptors (Lipinski definition) is 5. The molecule has 3 rings (SSSR count). The van der Waals surface area contributed by atoms with Crippen LogP contribution in [0.15, 0.2) is 36.7 Å². The Labute approximate surface area is 138 Å². The number of nitrogens with zero attached hydrogens (tertiary/aromatic N) is 3. The quantitative estimate of drug-likeness (QED) is 0.660. The number of phenolic OH excluding ortho intramolecular Hbond substituents is 1. The smallest absolute Gasteiger partial charge is 0.310 e. The van der Waals surface area contributed by atoms with Gasteiger partial charge in [0.05, 0.1) is 17.0 Å². The van der Waals surface area contributed by atoms with Crippen molar-refractivity contribution in [1.29, 1.82) is 0 Å². The molecule has 1 aromatic carbocycles. The molecule has 0 saturated heterocycles. The molecule has 0 spiro atoms. The summed E-state index contributed by atoms with van der Waals surface area (Å²) >= 11 is 0. The molecule has 1 heterocycles. The van der Waals surface area contributed by atoms with Gasteiger partial charge in [-0.05, 0) is 31.0 Å². The van der Waals surface area contributed by atoms with E-state index >= 15 is 0 Å². The number of aromatic hydroxyl groups is 1. The zero-order chi connectivity index (χ0) is 17.1. The second kappa shape index (κ2) is 6.69. The number of amides is 1. The average molecular weight is 330 g/mol. The zero-order valence-corrected chi connectivity index (χ0v) is 13.0. The number of benzene rings is 1. The van der Waals surface area contributed by atoms with Gasteiger partial charge in [-0.1, -0.05) is 12.8 Å². The second-order valence-corrected chi connectivity index (χ2v) is 5.88. The molecule has 24 heavy (non-hydrogen) atoms. The van der Waals surface area contributed by atoms with E-state index in [0.29, 0.717) is 0 Å². The maximum Gasteiger partial charge on any atom is 0.310 e. The number of carbonyl (C=O) groups excluding carboxylic acids is 1. The van der Waals surface area contributed by atoms with E-state index in [0.717, 1.165) is 37.8 Å². The first-order valence-electron chi connectivity index (χ1n) is 7.83. The largest absolute Gasteiger partial charge is 0.502 e. The van der Waals surface area contributed by atoms with Crippen molar-refractivity contribution in [2.24, 2.45) is 0 Å². The summed E-state index contributed by atoms with van der Waals surface area (Å²) < 4.78 is 1.86. The Morgan fingerprint density at radius 1 is 1.38 bits per heavy atom. The zero-order valence-electron chi connectivity index (χ0n) is 13.0. The SMILES string of the molecule is O=C(N[C@H]1CCCC[C@H]1n1cccn1)c1ccc([N+](=O)[O-])c(O)c1. The summed E-state index contributed by atoms with van der Waals surface area (Å²) in [7, 11) is 0. The lowest BCUT2D eigenvalue weighted by atomic mass is 9.90. The third-order valence-electron chi connectivity index (χ3n) is 4.34. The van der Waals surface area contributed by atoms with Gasteiger partial charge in [0.1, 0.15) is 0 Å². The van der Waals surface area contributed by atoms with Gasteiger partial charge < -0.3 is 10.4 Å². The summed E-state index contributed by atoms with van der Waals surface area (Å²) in [5.74, 6) is -0.871. The van der Waals surface area contributed by atoms with E-state index in [1.807, 2.05) is 16.9 Å². The van der Waals surface area contributed by atoms with Crippen LogP contribution in [0, 0.1) is 10.1 Å². The summed E-state index contributed by atoms with van der Waals surface area (Å²) in [6.07, 6.45) is 7.46. The van der Waals surface area contributed by atoms with Gasteiger partial charge in [0.25, 0.3) is 5.91 Å². The second-order valence-electron chi connectivity index (χ2n) is 5.88. The summed E-state index contributed by atoms with van der Waals surface area (Å²) in [5.41, 5.74) is -0.221. The molecule has 0 bridgehead atoms. The Hall–Kier alpha value is -2.90. The summed E-state index contributed by atoms with van der Waals surface area (Å²) in [5, 5.41) is 27.6. The molecule has 0 unspecified atom stereocenters. The van der Waals surface area contributed by atoms with Crippen molar-refractivity contribution < 1.29 is 14.8 Å². The van der Waals surface area contributed by atoms with Crippen LogP contribution in [0.4, 0.5) is 5.69 Å². The first kappa shape index (κ1) is 16.0. The monoisotopic (exact) mass is 330 g/mol.